The van der Waals surface area contributed by atoms with Gasteiger partial charge in [-0.25, -0.2) is 4.79 Å². The van der Waals surface area contributed by atoms with Crippen molar-refractivity contribution in [1.82, 2.24) is 20.4 Å². The fraction of sp³-hybridized carbons (Fsp3) is 0.471. The van der Waals surface area contributed by atoms with Crippen molar-refractivity contribution in [2.75, 3.05) is 19.6 Å². The quantitative estimate of drug-likeness (QED) is 0.897. The van der Waals surface area contributed by atoms with Gasteiger partial charge in [-0.15, -0.1) is 10.2 Å². The molecule has 0 saturated carbocycles. The molecule has 1 fully saturated rings. The third kappa shape index (κ3) is 3.97. The highest BCUT2D eigenvalue weighted by molar-refractivity contribution is 5.74. The predicted octanol–water partition coefficient (Wildman–Crippen LogP) is 3.66. The molecule has 9 heteroatoms. The SMILES string of the molecule is CCNC(=O)N1CCCC(c2nnc(-c3ccc(C(F)(F)F)cc3)o2)C1. The lowest BCUT2D eigenvalue weighted by Gasteiger charge is -2.30. The van der Waals surface area contributed by atoms with E-state index in [-0.39, 0.29) is 17.8 Å². The van der Waals surface area contributed by atoms with E-state index in [0.29, 0.717) is 31.1 Å². The van der Waals surface area contributed by atoms with E-state index in [1.165, 1.54) is 12.1 Å². The molecule has 1 N–H and O–H groups in total. The average molecular weight is 368 g/mol. The van der Waals surface area contributed by atoms with Gasteiger partial charge in [0.25, 0.3) is 0 Å². The van der Waals surface area contributed by atoms with E-state index in [9.17, 15) is 18.0 Å². The third-order valence-corrected chi connectivity index (χ3v) is 4.29. The molecule has 6 nitrogen and oxygen atoms in total. The van der Waals surface area contributed by atoms with E-state index in [2.05, 4.69) is 15.5 Å². The number of urea groups is 1. The van der Waals surface area contributed by atoms with E-state index in [1.807, 2.05) is 6.92 Å². The highest BCUT2D eigenvalue weighted by atomic mass is 19.4. The molecule has 3 rings (SSSR count). The highest BCUT2D eigenvalue weighted by Gasteiger charge is 2.31. The number of nitrogens with one attached hydrogen (secondary N) is 1. The van der Waals surface area contributed by atoms with Gasteiger partial charge in [-0.05, 0) is 44.0 Å². The van der Waals surface area contributed by atoms with Gasteiger partial charge in [0.15, 0.2) is 0 Å². The first kappa shape index (κ1) is 18.2. The normalized spacial score (nSPS) is 18.0. The lowest BCUT2D eigenvalue weighted by atomic mass is 9.98. The molecule has 2 heterocycles. The van der Waals surface area contributed by atoms with Crippen LogP contribution in [-0.4, -0.2) is 40.8 Å². The molecule has 0 spiro atoms. The molecule has 1 atom stereocenters. The number of rotatable bonds is 3. The summed E-state index contributed by atoms with van der Waals surface area (Å²) in [6, 6.07) is 4.46. The number of hydrogen-bond donors (Lipinski definition) is 1. The molecule has 140 valence electrons. The van der Waals surface area contributed by atoms with Crippen molar-refractivity contribution in [2.24, 2.45) is 0 Å². The molecule has 1 aromatic carbocycles. The van der Waals surface area contributed by atoms with Gasteiger partial charge < -0.3 is 14.6 Å². The largest absolute Gasteiger partial charge is 0.420 e. The lowest BCUT2D eigenvalue weighted by molar-refractivity contribution is -0.137. The van der Waals surface area contributed by atoms with Gasteiger partial charge in [0.05, 0.1) is 11.5 Å². The maximum Gasteiger partial charge on any atom is 0.416 e. The summed E-state index contributed by atoms with van der Waals surface area (Å²) >= 11 is 0. The Kier molecular flexibility index (Phi) is 5.15. The van der Waals surface area contributed by atoms with Crippen LogP contribution in [0.3, 0.4) is 0 Å². The molecular formula is C17H19F3N4O2. The zero-order valence-electron chi connectivity index (χ0n) is 14.2. The Morgan fingerprint density at radius 3 is 2.69 bits per heavy atom. The lowest BCUT2D eigenvalue weighted by Crippen LogP contribution is -2.44. The van der Waals surface area contributed by atoms with Gasteiger partial charge in [0.1, 0.15) is 0 Å². The molecule has 1 saturated heterocycles. The standard InChI is InChI=1S/C17H19F3N4O2/c1-2-21-16(25)24-9-3-4-12(10-24)15-23-22-14(26-15)11-5-7-13(8-6-11)17(18,19)20/h5-8,12H,2-4,9-10H2,1H3,(H,21,25). The third-order valence-electron chi connectivity index (χ3n) is 4.29. The van der Waals surface area contributed by atoms with Crippen LogP contribution in [0.2, 0.25) is 0 Å². The number of hydrogen-bond acceptors (Lipinski definition) is 4. The topological polar surface area (TPSA) is 71.3 Å². The second-order valence-electron chi connectivity index (χ2n) is 6.14. The molecule has 2 amide bonds. The smallest absolute Gasteiger partial charge is 0.416 e. The van der Waals surface area contributed by atoms with E-state index in [0.717, 1.165) is 25.0 Å². The van der Waals surface area contributed by atoms with Crippen molar-refractivity contribution in [1.29, 1.82) is 0 Å². The van der Waals surface area contributed by atoms with Gasteiger partial charge in [-0.3, -0.25) is 0 Å². The molecule has 0 bridgehead atoms. The van der Waals surface area contributed by atoms with Crippen LogP contribution >= 0.6 is 0 Å². The second-order valence-corrected chi connectivity index (χ2v) is 6.14. The maximum atomic E-state index is 12.6. The number of alkyl halides is 3. The van der Waals surface area contributed by atoms with Crippen molar-refractivity contribution in [3.63, 3.8) is 0 Å². The number of aromatic nitrogens is 2. The monoisotopic (exact) mass is 368 g/mol. The summed E-state index contributed by atoms with van der Waals surface area (Å²) in [7, 11) is 0. The van der Waals surface area contributed by atoms with Crippen molar-refractivity contribution in [2.45, 2.75) is 31.9 Å². The summed E-state index contributed by atoms with van der Waals surface area (Å²) in [6.07, 6.45) is -2.76. The zero-order valence-corrected chi connectivity index (χ0v) is 14.2. The van der Waals surface area contributed by atoms with Gasteiger partial charge in [-0.2, -0.15) is 13.2 Å². The van der Waals surface area contributed by atoms with Gasteiger partial charge in [0, 0.05) is 25.2 Å². The minimum Gasteiger partial charge on any atom is -0.420 e. The highest BCUT2D eigenvalue weighted by Crippen LogP contribution is 2.32. The summed E-state index contributed by atoms with van der Waals surface area (Å²) in [5.74, 6) is 0.486. The van der Waals surface area contributed by atoms with Crippen LogP contribution in [0.4, 0.5) is 18.0 Å². The molecule has 1 aromatic heterocycles. The molecule has 2 aromatic rings. The number of piperidine rings is 1. The summed E-state index contributed by atoms with van der Waals surface area (Å²) in [6.45, 7) is 3.55. The first-order chi connectivity index (χ1) is 12.4. The van der Waals surface area contributed by atoms with Gasteiger partial charge in [0.2, 0.25) is 11.8 Å². The molecule has 0 aliphatic carbocycles. The number of carbonyl (C=O) groups excluding carboxylic acids is 1. The number of nitrogens with zero attached hydrogens (tertiary/aromatic N) is 3. The molecule has 1 unspecified atom stereocenters. The number of benzene rings is 1. The first-order valence-electron chi connectivity index (χ1n) is 8.42. The molecule has 1 aliphatic heterocycles. The molecule has 0 radical (unpaired) electrons. The zero-order chi connectivity index (χ0) is 18.7. The van der Waals surface area contributed by atoms with Gasteiger partial charge >= 0.3 is 12.2 Å². The number of carbonyl (C=O) groups is 1. The Hall–Kier alpha value is -2.58. The summed E-state index contributed by atoms with van der Waals surface area (Å²) < 4.78 is 43.6. The van der Waals surface area contributed by atoms with E-state index >= 15 is 0 Å². The van der Waals surface area contributed by atoms with Gasteiger partial charge in [-0.1, -0.05) is 0 Å². The van der Waals surface area contributed by atoms with E-state index in [1.54, 1.807) is 4.90 Å². The fourth-order valence-electron chi connectivity index (χ4n) is 2.94. The van der Waals surface area contributed by atoms with E-state index in [4.69, 9.17) is 4.42 Å². The Balaban J connectivity index is 1.72. The molecule has 26 heavy (non-hydrogen) atoms. The minimum absolute atomic E-state index is 0.0814. The second kappa shape index (κ2) is 7.35. The predicted molar refractivity (Wildman–Crippen MR) is 87.4 cm³/mol. The maximum absolute atomic E-state index is 12.6. The van der Waals surface area contributed by atoms with Crippen LogP contribution in [-0.2, 0) is 6.18 Å². The van der Waals surface area contributed by atoms with Crippen LogP contribution in [0.1, 0.15) is 37.1 Å². The van der Waals surface area contributed by atoms with Crippen LogP contribution in [0.25, 0.3) is 11.5 Å². The minimum atomic E-state index is -4.39. The van der Waals surface area contributed by atoms with Crippen LogP contribution in [0, 0.1) is 0 Å². The number of likely N-dealkylation sites (tertiary alicyclic amines) is 1. The van der Waals surface area contributed by atoms with Crippen LogP contribution < -0.4 is 5.32 Å². The van der Waals surface area contributed by atoms with Crippen LogP contribution in [0.5, 0.6) is 0 Å². The Morgan fingerprint density at radius 1 is 1.31 bits per heavy atom. The molecular weight excluding hydrogens is 349 g/mol. The summed E-state index contributed by atoms with van der Waals surface area (Å²) in [4.78, 5) is 13.7. The Labute approximate surface area is 148 Å². The summed E-state index contributed by atoms with van der Waals surface area (Å²) in [5.41, 5.74) is -0.306. The van der Waals surface area contributed by atoms with Crippen molar-refractivity contribution >= 4 is 6.03 Å². The number of amides is 2. The summed E-state index contributed by atoms with van der Waals surface area (Å²) in [5, 5.41) is 10.7. The van der Waals surface area contributed by atoms with Crippen molar-refractivity contribution in [3.05, 3.63) is 35.7 Å². The average Bonchev–Trinajstić information content (AvgIpc) is 3.12. The van der Waals surface area contributed by atoms with Crippen molar-refractivity contribution in [3.8, 4) is 11.5 Å². The molecule has 1 aliphatic rings. The number of halogens is 3. The van der Waals surface area contributed by atoms with Crippen molar-refractivity contribution < 1.29 is 22.4 Å². The fourth-order valence-corrected chi connectivity index (χ4v) is 2.94. The first-order valence-corrected chi connectivity index (χ1v) is 8.42. The Bertz CT molecular complexity index is 758. The van der Waals surface area contributed by atoms with E-state index < -0.39 is 11.7 Å². The van der Waals surface area contributed by atoms with Crippen LogP contribution in [0.15, 0.2) is 28.7 Å². The Morgan fingerprint density at radius 2 is 2.04 bits per heavy atom.